The van der Waals surface area contributed by atoms with E-state index >= 15 is 0 Å². The van der Waals surface area contributed by atoms with Crippen molar-refractivity contribution in [2.45, 2.75) is 25.0 Å². The van der Waals surface area contributed by atoms with Crippen LogP contribution in [-0.4, -0.2) is 42.0 Å². The third-order valence-corrected chi connectivity index (χ3v) is 2.92. The largest absolute Gasteiger partial charge is 0.393 e. The van der Waals surface area contributed by atoms with Gasteiger partial charge in [0.15, 0.2) is 0 Å². The lowest BCUT2D eigenvalue weighted by Crippen LogP contribution is -2.39. The fourth-order valence-electron chi connectivity index (χ4n) is 1.78. The van der Waals surface area contributed by atoms with E-state index in [1.54, 1.807) is 18.5 Å². The second kappa shape index (κ2) is 4.51. The number of aromatic nitrogens is 5. The van der Waals surface area contributed by atoms with Crippen molar-refractivity contribution in [1.82, 2.24) is 24.7 Å². The minimum absolute atomic E-state index is 0.109. The Hall–Kier alpha value is -1.73. The van der Waals surface area contributed by atoms with Crippen LogP contribution in [0, 0.1) is 0 Å². The molecule has 2 aromatic heterocycles. The third kappa shape index (κ3) is 2.27. The van der Waals surface area contributed by atoms with Crippen molar-refractivity contribution >= 4 is 17.5 Å². The fourth-order valence-corrected chi connectivity index (χ4v) is 1.94. The molecule has 0 bridgehead atoms. The maximum absolute atomic E-state index is 9.22. The molecule has 0 aliphatic heterocycles. The minimum atomic E-state index is -0.231. The summed E-state index contributed by atoms with van der Waals surface area (Å²) < 4.78 is 1.51. The number of halogens is 1. The summed E-state index contributed by atoms with van der Waals surface area (Å²) >= 11 is 5.85. The predicted molar refractivity (Wildman–Crippen MR) is 64.6 cm³/mol. The molecule has 8 heteroatoms. The molecule has 0 amide bonds. The van der Waals surface area contributed by atoms with Crippen molar-refractivity contribution in [1.29, 1.82) is 0 Å². The topological polar surface area (TPSA) is 88.8 Å². The van der Waals surface area contributed by atoms with E-state index in [-0.39, 0.29) is 17.4 Å². The average molecular weight is 267 g/mol. The number of hydrogen-bond donors (Lipinski definition) is 2. The van der Waals surface area contributed by atoms with Crippen LogP contribution in [0.1, 0.15) is 12.8 Å². The Labute approximate surface area is 108 Å². The quantitative estimate of drug-likeness (QED) is 0.848. The van der Waals surface area contributed by atoms with E-state index in [9.17, 15) is 5.11 Å². The first-order chi connectivity index (χ1) is 8.70. The molecule has 2 N–H and O–H groups in total. The Balaban J connectivity index is 1.82. The molecular weight excluding hydrogens is 256 g/mol. The number of aliphatic hydroxyl groups excluding tert-OH is 1. The molecule has 1 aliphatic carbocycles. The molecule has 0 unspecified atom stereocenters. The first-order valence-corrected chi connectivity index (χ1v) is 5.95. The van der Waals surface area contributed by atoms with E-state index in [0.29, 0.717) is 24.7 Å². The predicted octanol–water partition coefficient (Wildman–Crippen LogP) is 0.646. The van der Waals surface area contributed by atoms with Gasteiger partial charge in [0.25, 0.3) is 5.95 Å². The molecule has 0 spiro atoms. The summed E-state index contributed by atoms with van der Waals surface area (Å²) in [7, 11) is 0. The van der Waals surface area contributed by atoms with Gasteiger partial charge < -0.3 is 10.4 Å². The maximum Gasteiger partial charge on any atom is 0.256 e. The molecule has 1 saturated carbocycles. The summed E-state index contributed by atoms with van der Waals surface area (Å²) in [4.78, 5) is 12.2. The van der Waals surface area contributed by atoms with Gasteiger partial charge in [-0.15, -0.1) is 0 Å². The van der Waals surface area contributed by atoms with Gasteiger partial charge >= 0.3 is 0 Å². The van der Waals surface area contributed by atoms with Gasteiger partial charge in [0.05, 0.1) is 6.10 Å². The van der Waals surface area contributed by atoms with Gasteiger partial charge in [0, 0.05) is 18.4 Å². The van der Waals surface area contributed by atoms with Gasteiger partial charge in [0.2, 0.25) is 11.2 Å². The van der Waals surface area contributed by atoms with E-state index in [0.717, 1.165) is 0 Å². The van der Waals surface area contributed by atoms with E-state index in [1.807, 2.05) is 0 Å². The lowest BCUT2D eigenvalue weighted by atomic mass is 9.90. The van der Waals surface area contributed by atoms with E-state index in [4.69, 9.17) is 11.6 Å². The first-order valence-electron chi connectivity index (χ1n) is 5.57. The SMILES string of the molecule is OC1CC(Nc2nc(Cl)nc(-n3cccn3)n2)C1. The maximum atomic E-state index is 9.22. The lowest BCUT2D eigenvalue weighted by molar-refractivity contribution is 0.0834. The van der Waals surface area contributed by atoms with E-state index in [1.165, 1.54) is 4.68 Å². The average Bonchev–Trinajstić information content (AvgIpc) is 2.79. The minimum Gasteiger partial charge on any atom is -0.393 e. The zero-order chi connectivity index (χ0) is 12.5. The fraction of sp³-hybridized carbons (Fsp3) is 0.400. The van der Waals surface area contributed by atoms with Crippen LogP contribution in [0.2, 0.25) is 5.28 Å². The van der Waals surface area contributed by atoms with Crippen LogP contribution < -0.4 is 5.32 Å². The van der Waals surface area contributed by atoms with Crippen LogP contribution in [-0.2, 0) is 0 Å². The molecular formula is C10H11ClN6O. The number of aliphatic hydroxyl groups is 1. The Morgan fingerprint density at radius 3 is 2.83 bits per heavy atom. The molecule has 7 nitrogen and oxygen atoms in total. The van der Waals surface area contributed by atoms with Crippen LogP contribution in [0.3, 0.4) is 0 Å². The van der Waals surface area contributed by atoms with Crippen LogP contribution >= 0.6 is 11.6 Å². The third-order valence-electron chi connectivity index (χ3n) is 2.75. The summed E-state index contributed by atoms with van der Waals surface area (Å²) in [5.41, 5.74) is 0. The van der Waals surface area contributed by atoms with Gasteiger partial charge in [-0.1, -0.05) is 0 Å². The summed E-state index contributed by atoms with van der Waals surface area (Å²) in [5.74, 6) is 0.764. The molecule has 18 heavy (non-hydrogen) atoms. The van der Waals surface area contributed by atoms with Gasteiger partial charge in [-0.05, 0) is 30.5 Å². The normalized spacial score (nSPS) is 22.6. The Morgan fingerprint density at radius 1 is 1.33 bits per heavy atom. The number of hydrogen-bond acceptors (Lipinski definition) is 6. The van der Waals surface area contributed by atoms with Crippen molar-refractivity contribution in [2.24, 2.45) is 0 Å². The van der Waals surface area contributed by atoms with Gasteiger partial charge in [-0.25, -0.2) is 4.68 Å². The Morgan fingerprint density at radius 2 is 2.17 bits per heavy atom. The second-order valence-electron chi connectivity index (χ2n) is 4.15. The highest BCUT2D eigenvalue weighted by molar-refractivity contribution is 6.28. The molecule has 3 rings (SSSR count). The van der Waals surface area contributed by atoms with Gasteiger partial charge in [-0.2, -0.15) is 20.1 Å². The molecule has 1 aliphatic rings. The zero-order valence-corrected chi connectivity index (χ0v) is 10.1. The molecule has 0 radical (unpaired) electrons. The number of rotatable bonds is 3. The van der Waals surface area contributed by atoms with Gasteiger partial charge in [0.1, 0.15) is 0 Å². The summed E-state index contributed by atoms with van der Waals surface area (Å²) in [5, 5.41) is 16.5. The van der Waals surface area contributed by atoms with Crippen molar-refractivity contribution in [2.75, 3.05) is 5.32 Å². The second-order valence-corrected chi connectivity index (χ2v) is 4.48. The molecule has 2 heterocycles. The summed E-state index contributed by atoms with van der Waals surface area (Å²) in [6.45, 7) is 0. The molecule has 2 aromatic rings. The monoisotopic (exact) mass is 266 g/mol. The smallest absolute Gasteiger partial charge is 0.256 e. The molecule has 94 valence electrons. The molecule has 0 atom stereocenters. The highest BCUT2D eigenvalue weighted by Crippen LogP contribution is 2.23. The van der Waals surface area contributed by atoms with Crippen molar-refractivity contribution in [3.05, 3.63) is 23.7 Å². The summed E-state index contributed by atoms with van der Waals surface area (Å²) in [6, 6.07) is 1.96. The van der Waals surface area contributed by atoms with Crippen LogP contribution in [0.5, 0.6) is 0 Å². The van der Waals surface area contributed by atoms with Crippen LogP contribution in [0.15, 0.2) is 18.5 Å². The highest BCUT2D eigenvalue weighted by Gasteiger charge is 2.27. The standard InChI is InChI=1S/C10H11ClN6O/c11-8-14-9(13-6-4-7(18)5-6)16-10(15-8)17-3-1-2-12-17/h1-3,6-7,18H,4-5H2,(H,13,14,15,16). The van der Waals surface area contributed by atoms with E-state index < -0.39 is 0 Å². The molecule has 1 fully saturated rings. The first kappa shape index (κ1) is 11.4. The Kier molecular flexibility index (Phi) is 2.85. The van der Waals surface area contributed by atoms with Crippen LogP contribution in [0.4, 0.5) is 5.95 Å². The summed E-state index contributed by atoms with van der Waals surface area (Å²) in [6.07, 6.45) is 4.52. The zero-order valence-electron chi connectivity index (χ0n) is 9.36. The van der Waals surface area contributed by atoms with Crippen molar-refractivity contribution in [3.63, 3.8) is 0 Å². The highest BCUT2D eigenvalue weighted by atomic mass is 35.5. The number of nitrogens with zero attached hydrogens (tertiary/aromatic N) is 5. The lowest BCUT2D eigenvalue weighted by Gasteiger charge is -2.31. The number of anilines is 1. The van der Waals surface area contributed by atoms with Crippen LogP contribution in [0.25, 0.3) is 5.95 Å². The van der Waals surface area contributed by atoms with Gasteiger partial charge in [-0.3, -0.25) is 0 Å². The molecule has 0 saturated heterocycles. The van der Waals surface area contributed by atoms with Crippen molar-refractivity contribution < 1.29 is 5.11 Å². The number of nitrogens with one attached hydrogen (secondary N) is 1. The molecule has 0 aromatic carbocycles. The van der Waals surface area contributed by atoms with Crippen molar-refractivity contribution in [3.8, 4) is 5.95 Å². The van der Waals surface area contributed by atoms with E-state index in [2.05, 4.69) is 25.4 Å². The Bertz CT molecular complexity index is 539.